The van der Waals surface area contributed by atoms with Gasteiger partial charge in [0.1, 0.15) is 5.01 Å². The molecule has 0 aliphatic heterocycles. The molecule has 0 bridgehead atoms. The SMILES string of the molecule is CCCCc1ccc(-c2ccc(C(=N)C=C(N)c3nc4ccccc4s3)nc2)s1. The molecule has 0 amide bonds. The molecule has 146 valence electrons. The summed E-state index contributed by atoms with van der Waals surface area (Å²) in [4.78, 5) is 11.6. The summed E-state index contributed by atoms with van der Waals surface area (Å²) in [5.74, 6) is 0. The summed E-state index contributed by atoms with van der Waals surface area (Å²) in [7, 11) is 0. The minimum Gasteiger partial charge on any atom is -0.396 e. The normalized spacial score (nSPS) is 11.8. The maximum absolute atomic E-state index is 8.36. The van der Waals surface area contributed by atoms with Crippen LogP contribution in [0.15, 0.2) is 60.8 Å². The molecule has 0 saturated heterocycles. The smallest absolute Gasteiger partial charge is 0.140 e. The van der Waals surface area contributed by atoms with Crippen LogP contribution in [0, 0.1) is 5.41 Å². The molecule has 0 radical (unpaired) electrons. The van der Waals surface area contributed by atoms with E-state index >= 15 is 0 Å². The van der Waals surface area contributed by atoms with E-state index in [0.29, 0.717) is 11.4 Å². The maximum atomic E-state index is 8.36. The minimum atomic E-state index is 0.281. The van der Waals surface area contributed by atoms with Crippen molar-refractivity contribution < 1.29 is 0 Å². The minimum absolute atomic E-state index is 0.281. The summed E-state index contributed by atoms with van der Waals surface area (Å²) in [6, 6.07) is 16.2. The zero-order chi connectivity index (χ0) is 20.2. The molecule has 0 aliphatic carbocycles. The van der Waals surface area contributed by atoms with Gasteiger partial charge in [0.25, 0.3) is 0 Å². The first-order valence-electron chi connectivity index (χ1n) is 9.61. The van der Waals surface area contributed by atoms with Crippen molar-refractivity contribution in [3.63, 3.8) is 0 Å². The molecule has 4 aromatic rings. The molecule has 4 rings (SSSR count). The summed E-state index contributed by atoms with van der Waals surface area (Å²) in [6.07, 6.45) is 7.03. The molecular formula is C23H22N4S2. The lowest BCUT2D eigenvalue weighted by Crippen LogP contribution is -2.03. The fourth-order valence-electron chi connectivity index (χ4n) is 3.00. The Morgan fingerprint density at radius 2 is 1.97 bits per heavy atom. The van der Waals surface area contributed by atoms with Gasteiger partial charge in [-0.25, -0.2) is 4.98 Å². The van der Waals surface area contributed by atoms with Crippen LogP contribution in [0.2, 0.25) is 0 Å². The van der Waals surface area contributed by atoms with Crippen LogP contribution < -0.4 is 5.73 Å². The molecule has 0 spiro atoms. The predicted octanol–water partition coefficient (Wildman–Crippen LogP) is 6.13. The lowest BCUT2D eigenvalue weighted by Gasteiger charge is -2.02. The van der Waals surface area contributed by atoms with Gasteiger partial charge in [-0.3, -0.25) is 10.4 Å². The Bertz CT molecular complexity index is 1140. The Morgan fingerprint density at radius 3 is 2.72 bits per heavy atom. The number of nitrogens with one attached hydrogen (secondary N) is 1. The van der Waals surface area contributed by atoms with Crippen molar-refractivity contribution in [3.8, 4) is 10.4 Å². The summed E-state index contributed by atoms with van der Waals surface area (Å²) in [5, 5.41) is 9.09. The van der Waals surface area contributed by atoms with Gasteiger partial charge in [-0.2, -0.15) is 0 Å². The molecule has 3 aromatic heterocycles. The van der Waals surface area contributed by atoms with Gasteiger partial charge in [0.05, 0.1) is 27.3 Å². The number of benzene rings is 1. The number of nitrogens with two attached hydrogens (primary N) is 1. The Labute approximate surface area is 178 Å². The van der Waals surface area contributed by atoms with Gasteiger partial charge < -0.3 is 5.73 Å². The molecule has 1 aromatic carbocycles. The molecule has 0 saturated carbocycles. The molecule has 0 unspecified atom stereocenters. The number of aryl methyl sites for hydroxylation is 1. The zero-order valence-corrected chi connectivity index (χ0v) is 17.8. The van der Waals surface area contributed by atoms with Crippen LogP contribution >= 0.6 is 22.7 Å². The number of nitrogens with zero attached hydrogens (tertiary/aromatic N) is 2. The molecule has 0 fully saturated rings. The van der Waals surface area contributed by atoms with E-state index in [9.17, 15) is 0 Å². The molecule has 6 heteroatoms. The summed E-state index contributed by atoms with van der Waals surface area (Å²) < 4.78 is 1.09. The van der Waals surface area contributed by atoms with E-state index in [-0.39, 0.29) is 5.71 Å². The van der Waals surface area contributed by atoms with Crippen LogP contribution in [0.1, 0.15) is 35.3 Å². The van der Waals surface area contributed by atoms with Crippen LogP contribution in [0.4, 0.5) is 0 Å². The topological polar surface area (TPSA) is 75.7 Å². The van der Waals surface area contributed by atoms with E-state index in [0.717, 1.165) is 27.2 Å². The summed E-state index contributed by atoms with van der Waals surface area (Å²) >= 11 is 3.35. The van der Waals surface area contributed by atoms with E-state index < -0.39 is 0 Å². The van der Waals surface area contributed by atoms with Crippen molar-refractivity contribution in [2.75, 3.05) is 0 Å². The van der Waals surface area contributed by atoms with Gasteiger partial charge in [0.15, 0.2) is 0 Å². The number of pyridine rings is 1. The fourth-order valence-corrected chi connectivity index (χ4v) is 4.94. The van der Waals surface area contributed by atoms with Crippen LogP contribution in [0.3, 0.4) is 0 Å². The number of unbranched alkanes of at least 4 members (excludes halogenated alkanes) is 1. The standard InChI is InChI=1S/C23H22N4S2/c1-2-3-6-16-10-12-21(28-16)15-9-11-19(26-14-15)17(24)13-18(25)23-27-20-7-4-5-8-22(20)29-23/h4-5,7-14,24H,2-3,6,25H2,1H3. The predicted molar refractivity (Wildman–Crippen MR) is 125 cm³/mol. The van der Waals surface area contributed by atoms with Crippen LogP contribution in [0.5, 0.6) is 0 Å². The quantitative estimate of drug-likeness (QED) is 0.354. The zero-order valence-electron chi connectivity index (χ0n) is 16.2. The van der Waals surface area contributed by atoms with E-state index in [1.54, 1.807) is 6.08 Å². The van der Waals surface area contributed by atoms with E-state index in [4.69, 9.17) is 11.1 Å². The molecule has 3 N–H and O–H groups in total. The molecule has 4 nitrogen and oxygen atoms in total. The number of thiophene rings is 1. The number of aromatic nitrogens is 2. The number of thiazole rings is 1. The van der Waals surface area contributed by atoms with Crippen molar-refractivity contribution in [1.82, 2.24) is 9.97 Å². The van der Waals surface area contributed by atoms with Crippen molar-refractivity contribution in [1.29, 1.82) is 5.41 Å². The van der Waals surface area contributed by atoms with Crippen molar-refractivity contribution >= 4 is 44.3 Å². The third-order valence-corrected chi connectivity index (χ3v) is 6.88. The van der Waals surface area contributed by atoms with Crippen LogP contribution in [-0.4, -0.2) is 15.7 Å². The Hall–Kier alpha value is -2.83. The monoisotopic (exact) mass is 418 g/mol. The maximum Gasteiger partial charge on any atom is 0.140 e. The van der Waals surface area contributed by atoms with Crippen LogP contribution in [-0.2, 0) is 6.42 Å². The first-order valence-corrected chi connectivity index (χ1v) is 11.2. The third-order valence-electron chi connectivity index (χ3n) is 4.60. The van der Waals surface area contributed by atoms with Gasteiger partial charge in [-0.15, -0.1) is 22.7 Å². The Balaban J connectivity index is 1.50. The van der Waals surface area contributed by atoms with E-state index in [1.165, 1.54) is 33.9 Å². The number of hydrogen-bond acceptors (Lipinski definition) is 6. The van der Waals surface area contributed by atoms with Crippen molar-refractivity contribution in [2.45, 2.75) is 26.2 Å². The lowest BCUT2D eigenvalue weighted by atomic mass is 10.1. The molecule has 29 heavy (non-hydrogen) atoms. The summed E-state index contributed by atoms with van der Waals surface area (Å²) in [5.41, 5.74) is 9.57. The fraction of sp³-hybridized carbons (Fsp3) is 0.174. The van der Waals surface area contributed by atoms with Gasteiger partial charge in [-0.1, -0.05) is 25.5 Å². The van der Waals surface area contributed by atoms with Gasteiger partial charge in [-0.05, 0) is 55.3 Å². The number of para-hydroxylation sites is 1. The highest BCUT2D eigenvalue weighted by atomic mass is 32.1. The molecule has 0 atom stereocenters. The first kappa shape index (κ1) is 19.5. The second kappa shape index (κ2) is 8.68. The molecule has 3 heterocycles. The first-order chi connectivity index (χ1) is 14.1. The average molecular weight is 419 g/mol. The average Bonchev–Trinajstić information content (AvgIpc) is 3.39. The third kappa shape index (κ3) is 4.44. The van der Waals surface area contributed by atoms with E-state index in [1.807, 2.05) is 53.9 Å². The van der Waals surface area contributed by atoms with Gasteiger partial charge in [0.2, 0.25) is 0 Å². The van der Waals surface area contributed by atoms with Gasteiger partial charge >= 0.3 is 0 Å². The number of fused-ring (bicyclic) bond motifs is 1. The Morgan fingerprint density at radius 1 is 1.10 bits per heavy atom. The second-order valence-electron chi connectivity index (χ2n) is 6.80. The Kier molecular flexibility index (Phi) is 5.83. The second-order valence-corrected chi connectivity index (χ2v) is 9.00. The van der Waals surface area contributed by atoms with E-state index in [2.05, 4.69) is 29.0 Å². The number of allylic oxidation sites excluding steroid dienone is 1. The highest BCUT2D eigenvalue weighted by Gasteiger charge is 2.09. The van der Waals surface area contributed by atoms with Crippen molar-refractivity contribution in [2.24, 2.45) is 5.73 Å². The lowest BCUT2D eigenvalue weighted by molar-refractivity contribution is 0.804. The van der Waals surface area contributed by atoms with Crippen molar-refractivity contribution in [3.05, 3.63) is 76.4 Å². The number of rotatable bonds is 7. The van der Waals surface area contributed by atoms with Crippen LogP contribution in [0.25, 0.3) is 26.4 Å². The highest BCUT2D eigenvalue weighted by molar-refractivity contribution is 7.19. The number of hydrogen-bond donors (Lipinski definition) is 2. The highest BCUT2D eigenvalue weighted by Crippen LogP contribution is 2.29. The largest absolute Gasteiger partial charge is 0.396 e. The molecule has 0 aliphatic rings. The summed E-state index contributed by atoms with van der Waals surface area (Å²) in [6.45, 7) is 2.21. The van der Waals surface area contributed by atoms with Gasteiger partial charge in [0, 0.05) is 21.5 Å². The molecular weight excluding hydrogens is 396 g/mol.